The van der Waals surface area contributed by atoms with Crippen LogP contribution in [0.25, 0.3) is 11.3 Å². The number of imidazole rings is 1. The molecule has 0 amide bonds. The molecule has 0 fully saturated rings. The maximum absolute atomic E-state index is 5.89. The number of nitrogen functional groups attached to an aromatic ring is 1. The van der Waals surface area contributed by atoms with Gasteiger partial charge in [0.15, 0.2) is 11.5 Å². The summed E-state index contributed by atoms with van der Waals surface area (Å²) >= 11 is 0. The Hall–Kier alpha value is -2.17. The summed E-state index contributed by atoms with van der Waals surface area (Å²) in [6.07, 6.45) is 2.75. The molecule has 0 saturated heterocycles. The Morgan fingerprint density at radius 3 is 2.60 bits per heavy atom. The molecule has 5 heteroatoms. The van der Waals surface area contributed by atoms with Crippen molar-refractivity contribution in [2.75, 3.05) is 18.9 Å². The summed E-state index contributed by atoms with van der Waals surface area (Å²) in [5.41, 5.74) is 9.32. The maximum Gasteiger partial charge on any atom is 0.200 e. The molecular weight excluding hydrogens is 254 g/mol. The summed E-state index contributed by atoms with van der Waals surface area (Å²) in [4.78, 5) is 4.20. The monoisotopic (exact) mass is 273 g/mol. The molecule has 0 radical (unpaired) electrons. The number of anilines is 1. The number of aromatic nitrogens is 2. The highest BCUT2D eigenvalue weighted by molar-refractivity contribution is 5.71. The lowest BCUT2D eigenvalue weighted by atomic mass is 9.98. The standard InChI is InChI=1S/C15H19N3O2/c1-3-19-13-7-10-5-6-18-12(9-17-15(18)16)11(10)8-14(13)20-4-2/h7-9H,3-6H2,1-2H3,(H2,16,17). The fraction of sp³-hybridized carbons (Fsp3) is 0.400. The summed E-state index contributed by atoms with van der Waals surface area (Å²) in [6, 6.07) is 4.12. The van der Waals surface area contributed by atoms with Gasteiger partial charge in [-0.3, -0.25) is 0 Å². The number of rotatable bonds is 4. The highest BCUT2D eigenvalue weighted by Gasteiger charge is 2.21. The number of nitrogens with zero attached hydrogens (tertiary/aromatic N) is 2. The molecule has 5 nitrogen and oxygen atoms in total. The van der Waals surface area contributed by atoms with E-state index in [1.165, 1.54) is 5.56 Å². The molecule has 2 aromatic rings. The number of benzene rings is 1. The van der Waals surface area contributed by atoms with Crippen molar-refractivity contribution in [2.45, 2.75) is 26.8 Å². The number of nitrogens with two attached hydrogens (primary N) is 1. The normalized spacial score (nSPS) is 12.7. The van der Waals surface area contributed by atoms with Crippen molar-refractivity contribution < 1.29 is 9.47 Å². The topological polar surface area (TPSA) is 62.3 Å². The van der Waals surface area contributed by atoms with E-state index in [0.29, 0.717) is 19.2 Å². The van der Waals surface area contributed by atoms with Crippen molar-refractivity contribution in [2.24, 2.45) is 0 Å². The van der Waals surface area contributed by atoms with Crippen LogP contribution in [0.5, 0.6) is 11.5 Å². The molecule has 2 heterocycles. The van der Waals surface area contributed by atoms with Crippen molar-refractivity contribution in [3.8, 4) is 22.8 Å². The van der Waals surface area contributed by atoms with Crippen LogP contribution in [0.2, 0.25) is 0 Å². The first-order valence-corrected chi connectivity index (χ1v) is 6.98. The second-order valence-corrected chi connectivity index (χ2v) is 4.73. The first kappa shape index (κ1) is 12.8. The van der Waals surface area contributed by atoms with Crippen LogP contribution in [0.1, 0.15) is 19.4 Å². The third kappa shape index (κ3) is 1.99. The van der Waals surface area contributed by atoms with E-state index in [2.05, 4.69) is 11.1 Å². The zero-order valence-corrected chi connectivity index (χ0v) is 11.8. The first-order chi connectivity index (χ1) is 9.74. The van der Waals surface area contributed by atoms with E-state index < -0.39 is 0 Å². The van der Waals surface area contributed by atoms with Crippen LogP contribution in [0, 0.1) is 0 Å². The quantitative estimate of drug-likeness (QED) is 0.929. The minimum atomic E-state index is 0.567. The van der Waals surface area contributed by atoms with E-state index in [0.717, 1.165) is 35.7 Å². The summed E-state index contributed by atoms with van der Waals surface area (Å²) in [5.74, 6) is 2.16. The van der Waals surface area contributed by atoms with Gasteiger partial charge in [0.1, 0.15) is 0 Å². The molecule has 1 aromatic carbocycles. The number of fused-ring (bicyclic) bond motifs is 3. The summed E-state index contributed by atoms with van der Waals surface area (Å²) in [6.45, 7) is 6.04. The third-order valence-corrected chi connectivity index (χ3v) is 3.54. The van der Waals surface area contributed by atoms with Crippen molar-refractivity contribution in [3.63, 3.8) is 0 Å². The van der Waals surface area contributed by atoms with Crippen LogP contribution >= 0.6 is 0 Å². The molecule has 1 aliphatic heterocycles. The smallest absolute Gasteiger partial charge is 0.200 e. The van der Waals surface area contributed by atoms with E-state index in [9.17, 15) is 0 Å². The van der Waals surface area contributed by atoms with E-state index in [-0.39, 0.29) is 0 Å². The van der Waals surface area contributed by atoms with Crippen molar-refractivity contribution >= 4 is 5.95 Å². The molecule has 2 N–H and O–H groups in total. The Bertz CT molecular complexity index is 634. The molecule has 1 aromatic heterocycles. The third-order valence-electron chi connectivity index (χ3n) is 3.54. The Labute approximate surface area is 118 Å². The number of aryl methyl sites for hydroxylation is 1. The molecule has 106 valence electrons. The van der Waals surface area contributed by atoms with E-state index in [1.54, 1.807) is 0 Å². The largest absolute Gasteiger partial charge is 0.490 e. The Morgan fingerprint density at radius 1 is 1.20 bits per heavy atom. The van der Waals surface area contributed by atoms with Gasteiger partial charge in [-0.1, -0.05) is 0 Å². The lowest BCUT2D eigenvalue weighted by Gasteiger charge is -2.22. The molecule has 0 atom stereocenters. The maximum atomic E-state index is 5.89. The van der Waals surface area contributed by atoms with Gasteiger partial charge in [0.25, 0.3) is 0 Å². The summed E-state index contributed by atoms with van der Waals surface area (Å²) in [5, 5.41) is 0. The highest BCUT2D eigenvalue weighted by Crippen LogP contribution is 2.39. The van der Waals surface area contributed by atoms with Crippen molar-refractivity contribution in [1.29, 1.82) is 0 Å². The second-order valence-electron chi connectivity index (χ2n) is 4.73. The van der Waals surface area contributed by atoms with Gasteiger partial charge in [-0.2, -0.15) is 0 Å². The van der Waals surface area contributed by atoms with Gasteiger partial charge < -0.3 is 19.8 Å². The van der Waals surface area contributed by atoms with Crippen LogP contribution < -0.4 is 15.2 Å². The Balaban J connectivity index is 2.12. The average Bonchev–Trinajstić information content (AvgIpc) is 2.82. The molecule has 3 rings (SSSR count). The van der Waals surface area contributed by atoms with Gasteiger partial charge in [-0.15, -0.1) is 0 Å². The van der Waals surface area contributed by atoms with E-state index in [4.69, 9.17) is 15.2 Å². The molecule has 0 bridgehead atoms. The summed E-state index contributed by atoms with van der Waals surface area (Å²) in [7, 11) is 0. The molecule has 0 spiro atoms. The lowest BCUT2D eigenvalue weighted by Crippen LogP contribution is -2.13. The highest BCUT2D eigenvalue weighted by atomic mass is 16.5. The van der Waals surface area contributed by atoms with Gasteiger partial charge >= 0.3 is 0 Å². The molecule has 0 saturated carbocycles. The van der Waals surface area contributed by atoms with Gasteiger partial charge in [0.2, 0.25) is 5.95 Å². The Kier molecular flexibility index (Phi) is 3.26. The number of ether oxygens (including phenoxy) is 2. The fourth-order valence-electron chi connectivity index (χ4n) is 2.66. The van der Waals surface area contributed by atoms with Crippen molar-refractivity contribution in [3.05, 3.63) is 23.9 Å². The predicted molar refractivity (Wildman–Crippen MR) is 78.1 cm³/mol. The molecule has 0 unspecified atom stereocenters. The lowest BCUT2D eigenvalue weighted by molar-refractivity contribution is 0.287. The van der Waals surface area contributed by atoms with E-state index >= 15 is 0 Å². The van der Waals surface area contributed by atoms with Crippen LogP contribution in [-0.4, -0.2) is 22.8 Å². The van der Waals surface area contributed by atoms with Gasteiger partial charge in [0, 0.05) is 12.1 Å². The Morgan fingerprint density at radius 2 is 1.90 bits per heavy atom. The van der Waals surface area contributed by atoms with Crippen LogP contribution in [0.4, 0.5) is 5.95 Å². The SMILES string of the molecule is CCOc1cc2c(cc1OCC)-c1cnc(N)n1CC2. The second kappa shape index (κ2) is 5.07. The van der Waals surface area contributed by atoms with E-state index in [1.807, 2.05) is 30.7 Å². The van der Waals surface area contributed by atoms with Crippen LogP contribution in [0.15, 0.2) is 18.3 Å². The first-order valence-electron chi connectivity index (χ1n) is 6.98. The van der Waals surface area contributed by atoms with Crippen LogP contribution in [0.3, 0.4) is 0 Å². The zero-order chi connectivity index (χ0) is 14.1. The predicted octanol–water partition coefficient (Wildman–Crippen LogP) is 2.49. The zero-order valence-electron chi connectivity index (χ0n) is 11.8. The minimum absolute atomic E-state index is 0.567. The fourth-order valence-corrected chi connectivity index (χ4v) is 2.66. The number of hydrogen-bond acceptors (Lipinski definition) is 4. The molecule has 1 aliphatic rings. The van der Waals surface area contributed by atoms with Gasteiger partial charge in [-0.25, -0.2) is 4.98 Å². The van der Waals surface area contributed by atoms with Crippen LogP contribution in [-0.2, 0) is 13.0 Å². The van der Waals surface area contributed by atoms with Gasteiger partial charge in [-0.05, 0) is 38.0 Å². The minimum Gasteiger partial charge on any atom is -0.490 e. The summed E-state index contributed by atoms with van der Waals surface area (Å²) < 4.78 is 13.4. The van der Waals surface area contributed by atoms with Crippen molar-refractivity contribution in [1.82, 2.24) is 9.55 Å². The van der Waals surface area contributed by atoms with Gasteiger partial charge in [0.05, 0.1) is 25.1 Å². The molecule has 20 heavy (non-hydrogen) atoms. The number of hydrogen-bond donors (Lipinski definition) is 1. The average molecular weight is 273 g/mol. The molecule has 0 aliphatic carbocycles. The molecular formula is C15H19N3O2.